The van der Waals surface area contributed by atoms with E-state index in [-0.39, 0.29) is 0 Å². The summed E-state index contributed by atoms with van der Waals surface area (Å²) in [6.45, 7) is 2.13. The minimum Gasteiger partial charge on any atom is -0.453 e. The molecule has 120 valence electrons. The maximum atomic E-state index is 6.25. The lowest BCUT2D eigenvalue weighted by Gasteiger charge is -2.03. The van der Waals surface area contributed by atoms with Gasteiger partial charge in [-0.1, -0.05) is 30.3 Å². The monoisotopic (exact) mass is 325 g/mol. The molecule has 0 saturated carbocycles. The van der Waals surface area contributed by atoms with Crippen LogP contribution >= 0.6 is 0 Å². The highest BCUT2D eigenvalue weighted by atomic mass is 16.3. The van der Waals surface area contributed by atoms with Gasteiger partial charge >= 0.3 is 0 Å². The summed E-state index contributed by atoms with van der Waals surface area (Å²) in [5.74, 6) is 0. The van der Waals surface area contributed by atoms with E-state index in [0.29, 0.717) is 0 Å². The van der Waals surface area contributed by atoms with E-state index in [2.05, 4.69) is 78.3 Å². The second-order valence-corrected chi connectivity index (χ2v) is 6.48. The van der Waals surface area contributed by atoms with E-state index in [1.54, 1.807) is 0 Å². The van der Waals surface area contributed by atoms with Gasteiger partial charge in [0.25, 0.3) is 0 Å². The number of hydrogen-bond acceptors (Lipinski definition) is 2. The van der Waals surface area contributed by atoms with Crippen LogP contribution in [-0.2, 0) is 7.05 Å². The minimum atomic E-state index is 0.857. The first-order valence-corrected chi connectivity index (χ1v) is 8.38. The third-order valence-corrected chi connectivity index (χ3v) is 4.89. The van der Waals surface area contributed by atoms with Crippen LogP contribution in [-0.4, -0.2) is 4.98 Å². The van der Waals surface area contributed by atoms with Crippen molar-refractivity contribution in [2.75, 3.05) is 0 Å². The molecule has 0 N–H and O–H groups in total. The molecule has 3 heterocycles. The Morgan fingerprint density at radius 2 is 1.84 bits per heavy atom. The molecular formula is C22H17N2O+. The van der Waals surface area contributed by atoms with E-state index >= 15 is 0 Å². The summed E-state index contributed by atoms with van der Waals surface area (Å²) >= 11 is 0. The fourth-order valence-corrected chi connectivity index (χ4v) is 3.59. The molecule has 0 bridgehead atoms. The lowest BCUT2D eigenvalue weighted by atomic mass is 10.0. The maximum Gasteiger partial charge on any atom is 0.216 e. The summed E-state index contributed by atoms with van der Waals surface area (Å²) in [6.07, 6.45) is 3.96. The summed E-state index contributed by atoms with van der Waals surface area (Å²) in [4.78, 5) is 4.52. The van der Waals surface area contributed by atoms with Gasteiger partial charge in [-0.05, 0) is 30.7 Å². The van der Waals surface area contributed by atoms with E-state index in [1.807, 2.05) is 12.3 Å². The molecule has 3 heteroatoms. The van der Waals surface area contributed by atoms with Crippen molar-refractivity contribution in [1.82, 2.24) is 4.98 Å². The molecule has 5 aromatic rings. The van der Waals surface area contributed by atoms with Gasteiger partial charge in [-0.2, -0.15) is 0 Å². The number of furan rings is 1. The SMILES string of the molecule is Cc1ccccc1-c1cc2oc3c(ccc4cccnc43)c2c[n+]1C. The zero-order valence-electron chi connectivity index (χ0n) is 14.2. The smallest absolute Gasteiger partial charge is 0.216 e. The van der Waals surface area contributed by atoms with Gasteiger partial charge in [-0.3, -0.25) is 4.98 Å². The molecule has 0 aliphatic rings. The van der Waals surface area contributed by atoms with Gasteiger partial charge in [0.05, 0.1) is 11.5 Å². The molecule has 3 nitrogen and oxygen atoms in total. The van der Waals surface area contributed by atoms with Gasteiger partial charge in [-0.15, -0.1) is 0 Å². The molecular weight excluding hydrogens is 308 g/mol. The van der Waals surface area contributed by atoms with Crippen molar-refractivity contribution >= 4 is 32.8 Å². The van der Waals surface area contributed by atoms with Crippen LogP contribution in [0.15, 0.2) is 71.4 Å². The Morgan fingerprint density at radius 3 is 2.72 bits per heavy atom. The number of aryl methyl sites for hydroxylation is 2. The Hall–Kier alpha value is -3.20. The van der Waals surface area contributed by atoms with Gasteiger partial charge in [0, 0.05) is 22.5 Å². The minimum absolute atomic E-state index is 0.857. The zero-order valence-corrected chi connectivity index (χ0v) is 14.2. The molecule has 0 aliphatic heterocycles. The van der Waals surface area contributed by atoms with Crippen LogP contribution in [0.25, 0.3) is 44.1 Å². The first kappa shape index (κ1) is 14.2. The van der Waals surface area contributed by atoms with Gasteiger partial charge < -0.3 is 4.42 Å². The number of hydrogen-bond donors (Lipinski definition) is 0. The predicted molar refractivity (Wildman–Crippen MR) is 100 cm³/mol. The van der Waals surface area contributed by atoms with Crippen molar-refractivity contribution in [2.24, 2.45) is 7.05 Å². The number of aromatic nitrogens is 2. The summed E-state index contributed by atoms with van der Waals surface area (Å²) < 4.78 is 8.42. The van der Waals surface area contributed by atoms with E-state index in [4.69, 9.17) is 4.42 Å². The Morgan fingerprint density at radius 1 is 0.960 bits per heavy atom. The van der Waals surface area contributed by atoms with Crippen molar-refractivity contribution in [3.63, 3.8) is 0 Å². The summed E-state index contributed by atoms with van der Waals surface area (Å²) in [6, 6.07) is 18.8. The first-order valence-electron chi connectivity index (χ1n) is 8.38. The van der Waals surface area contributed by atoms with Crippen molar-refractivity contribution in [3.8, 4) is 11.3 Å². The molecule has 0 amide bonds. The quantitative estimate of drug-likeness (QED) is 0.409. The molecule has 0 radical (unpaired) electrons. The van der Waals surface area contributed by atoms with Crippen LogP contribution in [0.4, 0.5) is 0 Å². The van der Waals surface area contributed by atoms with Crippen LogP contribution in [0.3, 0.4) is 0 Å². The van der Waals surface area contributed by atoms with Crippen LogP contribution in [0.2, 0.25) is 0 Å². The molecule has 0 atom stereocenters. The number of rotatable bonds is 1. The summed E-state index contributed by atoms with van der Waals surface area (Å²) in [5.41, 5.74) is 6.27. The topological polar surface area (TPSA) is 29.9 Å². The molecule has 0 fully saturated rings. The molecule has 0 aliphatic carbocycles. The molecule has 0 unspecified atom stereocenters. The Balaban J connectivity index is 1.87. The average Bonchev–Trinajstić information content (AvgIpc) is 3.00. The van der Waals surface area contributed by atoms with Crippen LogP contribution in [0.1, 0.15) is 5.56 Å². The lowest BCUT2D eigenvalue weighted by Crippen LogP contribution is -2.30. The van der Waals surface area contributed by atoms with Crippen LogP contribution in [0, 0.1) is 6.92 Å². The van der Waals surface area contributed by atoms with Crippen LogP contribution in [0.5, 0.6) is 0 Å². The Bertz CT molecular complexity index is 1270. The van der Waals surface area contributed by atoms with E-state index < -0.39 is 0 Å². The number of pyridine rings is 2. The summed E-state index contributed by atoms with van der Waals surface area (Å²) in [7, 11) is 2.08. The largest absolute Gasteiger partial charge is 0.453 e. The van der Waals surface area contributed by atoms with Crippen molar-refractivity contribution in [3.05, 3.63) is 72.6 Å². The second kappa shape index (κ2) is 5.15. The maximum absolute atomic E-state index is 6.25. The molecule has 5 rings (SSSR count). The van der Waals surface area contributed by atoms with E-state index in [0.717, 1.165) is 38.5 Å². The Kier molecular flexibility index (Phi) is 2.92. The summed E-state index contributed by atoms with van der Waals surface area (Å²) in [5, 5.41) is 3.31. The fraction of sp³-hybridized carbons (Fsp3) is 0.0909. The highest BCUT2D eigenvalue weighted by Crippen LogP contribution is 2.34. The van der Waals surface area contributed by atoms with Crippen molar-refractivity contribution < 1.29 is 8.98 Å². The molecule has 25 heavy (non-hydrogen) atoms. The van der Waals surface area contributed by atoms with Gasteiger partial charge in [0.15, 0.2) is 11.8 Å². The standard InChI is InChI=1S/C22H17N2O/c1-14-6-3-4-8-16(14)19-12-20-18(13-24(19)2)17-10-9-15-7-5-11-23-21(15)22(17)25-20/h3-13H,1-2H3/q+1. The molecule has 3 aromatic heterocycles. The molecule has 2 aromatic carbocycles. The van der Waals surface area contributed by atoms with Crippen molar-refractivity contribution in [2.45, 2.75) is 6.92 Å². The van der Waals surface area contributed by atoms with E-state index in [1.165, 1.54) is 11.1 Å². The third-order valence-electron chi connectivity index (χ3n) is 4.89. The lowest BCUT2D eigenvalue weighted by molar-refractivity contribution is -0.659. The zero-order chi connectivity index (χ0) is 17.0. The third kappa shape index (κ3) is 2.06. The predicted octanol–water partition coefficient (Wildman–Crippen LogP) is 4.93. The van der Waals surface area contributed by atoms with Gasteiger partial charge in [-0.25, -0.2) is 4.57 Å². The normalized spacial score (nSPS) is 11.6. The first-order chi connectivity index (χ1) is 12.2. The molecule has 0 spiro atoms. The fourth-order valence-electron chi connectivity index (χ4n) is 3.59. The highest BCUT2D eigenvalue weighted by Gasteiger charge is 2.19. The second-order valence-electron chi connectivity index (χ2n) is 6.48. The number of nitrogens with zero attached hydrogens (tertiary/aromatic N) is 2. The van der Waals surface area contributed by atoms with Crippen molar-refractivity contribution in [1.29, 1.82) is 0 Å². The Labute approximate surface area is 145 Å². The number of fused-ring (bicyclic) bond motifs is 5. The van der Waals surface area contributed by atoms with E-state index in [9.17, 15) is 0 Å². The van der Waals surface area contributed by atoms with Gasteiger partial charge in [0.2, 0.25) is 5.69 Å². The average molecular weight is 325 g/mol. The molecule has 0 saturated heterocycles. The van der Waals surface area contributed by atoms with Crippen LogP contribution < -0.4 is 4.57 Å². The number of benzene rings is 2. The highest BCUT2D eigenvalue weighted by molar-refractivity contribution is 6.13. The van der Waals surface area contributed by atoms with Gasteiger partial charge in [0.1, 0.15) is 18.1 Å².